The van der Waals surface area contributed by atoms with Crippen LogP contribution >= 0.6 is 0 Å². The van der Waals surface area contributed by atoms with Gasteiger partial charge in [-0.25, -0.2) is 4.79 Å². The van der Waals surface area contributed by atoms with Gasteiger partial charge >= 0.3 is 12.1 Å². The summed E-state index contributed by atoms with van der Waals surface area (Å²) in [5.41, 5.74) is -0.729. The molecule has 0 atom stereocenters. The molecule has 7 heteroatoms. The first-order valence-electron chi connectivity index (χ1n) is 5.73. The first kappa shape index (κ1) is 14.1. The van der Waals surface area contributed by atoms with E-state index in [1.807, 2.05) is 0 Å². The minimum absolute atomic E-state index is 0.00817. The number of esters is 1. The lowest BCUT2D eigenvalue weighted by Crippen LogP contribution is -2.06. The Morgan fingerprint density at radius 2 is 2.15 bits per heavy atom. The molecule has 0 spiro atoms. The molecule has 0 saturated heterocycles. The standard InChI is InChI=1S/C13H10F3NO3/c1-2-19-12(18)10-7-17-20-11(10)8-4-3-5-9(6-8)13(14,15)16/h3-7H,2H2,1H3. The van der Waals surface area contributed by atoms with Crippen LogP contribution in [0.3, 0.4) is 0 Å². The highest BCUT2D eigenvalue weighted by atomic mass is 19.4. The van der Waals surface area contributed by atoms with E-state index in [1.54, 1.807) is 6.92 Å². The number of nitrogens with zero attached hydrogens (tertiary/aromatic N) is 1. The average molecular weight is 285 g/mol. The fraction of sp³-hybridized carbons (Fsp3) is 0.231. The Morgan fingerprint density at radius 1 is 1.40 bits per heavy atom. The summed E-state index contributed by atoms with van der Waals surface area (Å²) in [7, 11) is 0. The SMILES string of the molecule is CCOC(=O)c1cnoc1-c1cccc(C(F)(F)F)c1. The first-order valence-corrected chi connectivity index (χ1v) is 5.73. The third-order valence-corrected chi connectivity index (χ3v) is 2.52. The van der Waals surface area contributed by atoms with Crippen molar-refractivity contribution in [1.29, 1.82) is 0 Å². The normalized spacial score (nSPS) is 11.4. The van der Waals surface area contributed by atoms with E-state index in [1.165, 1.54) is 12.1 Å². The number of carbonyl (C=O) groups excluding carboxylic acids is 1. The van der Waals surface area contributed by atoms with Crippen molar-refractivity contribution in [2.45, 2.75) is 13.1 Å². The second kappa shape index (κ2) is 5.36. The van der Waals surface area contributed by atoms with Gasteiger partial charge in [0.2, 0.25) is 0 Å². The predicted molar refractivity (Wildman–Crippen MR) is 62.9 cm³/mol. The lowest BCUT2D eigenvalue weighted by molar-refractivity contribution is -0.137. The van der Waals surface area contributed by atoms with Crippen molar-refractivity contribution < 1.29 is 27.2 Å². The van der Waals surface area contributed by atoms with E-state index in [0.717, 1.165) is 18.3 Å². The topological polar surface area (TPSA) is 52.3 Å². The van der Waals surface area contributed by atoms with E-state index >= 15 is 0 Å². The van der Waals surface area contributed by atoms with Gasteiger partial charge in [0.05, 0.1) is 18.4 Å². The summed E-state index contributed by atoms with van der Waals surface area (Å²) in [4.78, 5) is 11.6. The Bertz CT molecular complexity index is 619. The molecule has 1 heterocycles. The monoisotopic (exact) mass is 285 g/mol. The van der Waals surface area contributed by atoms with Crippen LogP contribution in [0.5, 0.6) is 0 Å². The summed E-state index contributed by atoms with van der Waals surface area (Å²) in [5.74, 6) is -0.740. The average Bonchev–Trinajstić information content (AvgIpc) is 2.87. The smallest absolute Gasteiger partial charge is 0.416 e. The molecule has 0 unspecified atom stereocenters. The lowest BCUT2D eigenvalue weighted by Gasteiger charge is -2.07. The molecule has 0 radical (unpaired) electrons. The van der Waals surface area contributed by atoms with E-state index in [9.17, 15) is 18.0 Å². The van der Waals surface area contributed by atoms with Gasteiger partial charge < -0.3 is 9.26 Å². The second-order valence-corrected chi connectivity index (χ2v) is 3.87. The number of rotatable bonds is 3. The molecule has 0 N–H and O–H groups in total. The van der Waals surface area contributed by atoms with Gasteiger partial charge in [-0.1, -0.05) is 17.3 Å². The van der Waals surface area contributed by atoms with Crippen LogP contribution < -0.4 is 0 Å². The number of hydrogen-bond donors (Lipinski definition) is 0. The van der Waals surface area contributed by atoms with Crippen LogP contribution in [0.1, 0.15) is 22.8 Å². The van der Waals surface area contributed by atoms with Gasteiger partial charge in [-0.15, -0.1) is 0 Å². The van der Waals surface area contributed by atoms with Crippen LogP contribution in [0.25, 0.3) is 11.3 Å². The molecule has 0 aliphatic rings. The maximum Gasteiger partial charge on any atom is 0.416 e. The van der Waals surface area contributed by atoms with Gasteiger partial charge in [-0.3, -0.25) is 0 Å². The summed E-state index contributed by atoms with van der Waals surface area (Å²) in [6.07, 6.45) is -3.35. The largest absolute Gasteiger partial charge is 0.462 e. The van der Waals surface area contributed by atoms with E-state index < -0.39 is 17.7 Å². The molecule has 4 nitrogen and oxygen atoms in total. The number of aromatic nitrogens is 1. The Kier molecular flexibility index (Phi) is 3.78. The highest BCUT2D eigenvalue weighted by Gasteiger charge is 2.31. The molecular weight excluding hydrogens is 275 g/mol. The van der Waals surface area contributed by atoms with E-state index in [-0.39, 0.29) is 23.5 Å². The van der Waals surface area contributed by atoms with Crippen LogP contribution in [0.15, 0.2) is 35.0 Å². The minimum Gasteiger partial charge on any atom is -0.462 e. The molecule has 0 bridgehead atoms. The second-order valence-electron chi connectivity index (χ2n) is 3.87. The maximum atomic E-state index is 12.7. The van der Waals surface area contributed by atoms with Gasteiger partial charge in [0.15, 0.2) is 5.76 Å². The number of halogens is 3. The number of alkyl halides is 3. The highest BCUT2D eigenvalue weighted by Crippen LogP contribution is 2.33. The molecule has 1 aromatic carbocycles. The maximum absolute atomic E-state index is 12.7. The van der Waals surface area contributed by atoms with Crippen molar-refractivity contribution in [3.63, 3.8) is 0 Å². The fourth-order valence-corrected chi connectivity index (χ4v) is 1.64. The van der Waals surface area contributed by atoms with E-state index in [0.29, 0.717) is 0 Å². The third kappa shape index (κ3) is 2.81. The zero-order chi connectivity index (χ0) is 14.8. The van der Waals surface area contributed by atoms with Crippen molar-refractivity contribution >= 4 is 5.97 Å². The summed E-state index contributed by atoms with van der Waals surface area (Å²) in [6.45, 7) is 1.77. The molecule has 1 aromatic heterocycles. The summed E-state index contributed by atoms with van der Waals surface area (Å²) >= 11 is 0. The van der Waals surface area contributed by atoms with Crippen molar-refractivity contribution in [1.82, 2.24) is 5.16 Å². The van der Waals surface area contributed by atoms with Crippen LogP contribution in [0, 0.1) is 0 Å². The number of carbonyl (C=O) groups is 1. The van der Waals surface area contributed by atoms with Gasteiger partial charge in [0, 0.05) is 5.56 Å². The molecule has 2 aromatic rings. The zero-order valence-electron chi connectivity index (χ0n) is 10.4. The van der Waals surface area contributed by atoms with Crippen molar-refractivity contribution in [3.05, 3.63) is 41.6 Å². The van der Waals surface area contributed by atoms with Gasteiger partial charge in [-0.2, -0.15) is 13.2 Å². The first-order chi connectivity index (χ1) is 9.43. The lowest BCUT2D eigenvalue weighted by atomic mass is 10.1. The fourth-order valence-electron chi connectivity index (χ4n) is 1.64. The Labute approximate surface area is 112 Å². The summed E-state index contributed by atoms with van der Waals surface area (Å²) in [5, 5.41) is 3.44. The quantitative estimate of drug-likeness (QED) is 0.809. The molecule has 20 heavy (non-hydrogen) atoms. The Hall–Kier alpha value is -2.31. The van der Waals surface area contributed by atoms with Gasteiger partial charge in [0.1, 0.15) is 5.56 Å². The Morgan fingerprint density at radius 3 is 2.80 bits per heavy atom. The molecule has 2 rings (SSSR count). The molecule has 0 amide bonds. The number of ether oxygens (including phenoxy) is 1. The molecule has 0 saturated carbocycles. The third-order valence-electron chi connectivity index (χ3n) is 2.52. The van der Waals surface area contributed by atoms with Crippen molar-refractivity contribution in [2.75, 3.05) is 6.61 Å². The van der Waals surface area contributed by atoms with Crippen LogP contribution in [0.2, 0.25) is 0 Å². The number of benzene rings is 1. The molecule has 0 fully saturated rings. The van der Waals surface area contributed by atoms with Gasteiger partial charge in [0.25, 0.3) is 0 Å². The summed E-state index contributed by atoms with van der Waals surface area (Å²) < 4.78 is 47.6. The van der Waals surface area contributed by atoms with E-state index in [2.05, 4.69) is 5.16 Å². The molecule has 106 valence electrons. The number of hydrogen-bond acceptors (Lipinski definition) is 4. The summed E-state index contributed by atoms with van der Waals surface area (Å²) in [6, 6.07) is 4.46. The molecule has 0 aliphatic heterocycles. The minimum atomic E-state index is -4.47. The predicted octanol–water partition coefficient (Wildman–Crippen LogP) is 3.54. The van der Waals surface area contributed by atoms with Gasteiger partial charge in [-0.05, 0) is 19.1 Å². The Balaban J connectivity index is 2.43. The van der Waals surface area contributed by atoms with Crippen LogP contribution in [-0.4, -0.2) is 17.7 Å². The highest BCUT2D eigenvalue weighted by molar-refractivity contribution is 5.95. The van der Waals surface area contributed by atoms with Crippen molar-refractivity contribution in [2.24, 2.45) is 0 Å². The zero-order valence-corrected chi connectivity index (χ0v) is 10.4. The van der Waals surface area contributed by atoms with Crippen LogP contribution in [0.4, 0.5) is 13.2 Å². The van der Waals surface area contributed by atoms with E-state index in [4.69, 9.17) is 9.26 Å². The molecule has 0 aliphatic carbocycles. The van der Waals surface area contributed by atoms with Crippen molar-refractivity contribution in [3.8, 4) is 11.3 Å². The van der Waals surface area contributed by atoms with Crippen LogP contribution in [-0.2, 0) is 10.9 Å². The molecular formula is C13H10F3NO3.